The molecule has 4 rings (SSSR count). The van der Waals surface area contributed by atoms with Crippen LogP contribution in [0.3, 0.4) is 0 Å². The Morgan fingerprint density at radius 2 is 1.75 bits per heavy atom. The molecule has 1 aromatic carbocycles. The molecule has 0 unspecified atom stereocenters. The molecule has 5 nitrogen and oxygen atoms in total. The molecule has 0 aliphatic carbocycles. The topological polar surface area (TPSA) is 55.2 Å². The summed E-state index contributed by atoms with van der Waals surface area (Å²) in [4.78, 5) is 29.4. The molecule has 0 radical (unpaired) electrons. The maximum absolute atomic E-state index is 13.1. The van der Waals surface area contributed by atoms with Crippen LogP contribution in [0.5, 0.6) is 0 Å². The van der Waals surface area contributed by atoms with Crippen LogP contribution in [0.15, 0.2) is 70.3 Å². The fraction of sp³-hybridized carbons (Fsp3) is 0.190. The van der Waals surface area contributed by atoms with Crippen LogP contribution in [0, 0.1) is 0 Å². The first-order valence-electron chi connectivity index (χ1n) is 8.98. The lowest BCUT2D eigenvalue weighted by Crippen LogP contribution is -2.35. The molecule has 0 saturated carbocycles. The van der Waals surface area contributed by atoms with Gasteiger partial charge in [0.2, 0.25) is 11.3 Å². The third kappa shape index (κ3) is 4.21. The molecule has 1 amide bonds. The summed E-state index contributed by atoms with van der Waals surface area (Å²) in [6, 6.07) is 15.4. The molecular formula is C21H19N3O2S2. The van der Waals surface area contributed by atoms with Crippen LogP contribution in [-0.4, -0.2) is 27.1 Å². The molecule has 4 aromatic rings. The van der Waals surface area contributed by atoms with Crippen LogP contribution in [0.4, 0.5) is 0 Å². The number of nitrogens with zero attached hydrogens (tertiary/aromatic N) is 3. The van der Waals surface area contributed by atoms with Crippen molar-refractivity contribution in [1.82, 2.24) is 14.7 Å². The van der Waals surface area contributed by atoms with Gasteiger partial charge in [-0.05, 0) is 41.4 Å². The summed E-state index contributed by atoms with van der Waals surface area (Å²) in [6.45, 7) is 1.34. The lowest BCUT2D eigenvalue weighted by atomic mass is 10.2. The van der Waals surface area contributed by atoms with Crippen LogP contribution in [0.2, 0.25) is 0 Å². The van der Waals surface area contributed by atoms with Gasteiger partial charge in [0.05, 0.1) is 18.3 Å². The minimum absolute atomic E-state index is 0.00809. The molecule has 3 aromatic heterocycles. The second-order valence-electron chi connectivity index (χ2n) is 6.41. The second-order valence-corrected chi connectivity index (χ2v) is 8.47. The highest BCUT2D eigenvalue weighted by molar-refractivity contribution is 7.10. The van der Waals surface area contributed by atoms with Gasteiger partial charge in [0, 0.05) is 21.7 Å². The maximum Gasteiger partial charge on any atom is 0.244 e. The summed E-state index contributed by atoms with van der Waals surface area (Å²) in [7, 11) is 0. The molecule has 0 fully saturated rings. The Morgan fingerprint density at radius 1 is 1.00 bits per heavy atom. The van der Waals surface area contributed by atoms with Gasteiger partial charge < -0.3 is 4.90 Å². The maximum atomic E-state index is 13.1. The highest BCUT2D eigenvalue weighted by Gasteiger charge is 2.17. The number of para-hydroxylation sites is 1. The summed E-state index contributed by atoms with van der Waals surface area (Å²) in [5.41, 5.74) is 0.546. The molecule has 0 bridgehead atoms. The van der Waals surface area contributed by atoms with Gasteiger partial charge in [-0.1, -0.05) is 24.3 Å². The highest BCUT2D eigenvalue weighted by atomic mass is 32.1. The third-order valence-corrected chi connectivity index (χ3v) is 6.33. The first-order valence-corrected chi connectivity index (χ1v) is 10.7. The van der Waals surface area contributed by atoms with E-state index < -0.39 is 0 Å². The van der Waals surface area contributed by atoms with Crippen LogP contribution in [-0.2, 0) is 24.3 Å². The van der Waals surface area contributed by atoms with Crippen molar-refractivity contribution in [2.75, 3.05) is 6.54 Å². The van der Waals surface area contributed by atoms with Gasteiger partial charge in [-0.25, -0.2) is 0 Å². The number of hydrogen-bond acceptors (Lipinski definition) is 5. The zero-order valence-electron chi connectivity index (χ0n) is 15.2. The summed E-state index contributed by atoms with van der Waals surface area (Å²) >= 11 is 3.35. The second kappa shape index (κ2) is 8.50. The van der Waals surface area contributed by atoms with E-state index in [4.69, 9.17) is 0 Å². The van der Waals surface area contributed by atoms with Gasteiger partial charge >= 0.3 is 0 Å². The Balaban J connectivity index is 1.56. The Morgan fingerprint density at radius 3 is 2.50 bits per heavy atom. The van der Waals surface area contributed by atoms with Crippen molar-refractivity contribution in [2.24, 2.45) is 0 Å². The predicted octanol–water partition coefficient (Wildman–Crippen LogP) is 3.79. The highest BCUT2D eigenvalue weighted by Crippen LogP contribution is 2.16. The van der Waals surface area contributed by atoms with E-state index >= 15 is 0 Å². The minimum atomic E-state index is -0.132. The number of benzene rings is 1. The molecule has 0 aliphatic rings. The number of rotatable bonds is 7. The van der Waals surface area contributed by atoms with Crippen LogP contribution < -0.4 is 5.43 Å². The molecule has 0 atom stereocenters. The number of carbonyl (C=O) groups excluding carboxylic acids is 1. The minimum Gasteiger partial charge on any atom is -0.336 e. The number of hydrogen-bond donors (Lipinski definition) is 0. The van der Waals surface area contributed by atoms with Crippen molar-refractivity contribution in [2.45, 2.75) is 19.5 Å². The summed E-state index contributed by atoms with van der Waals surface area (Å²) in [6.07, 6.45) is 2.11. The zero-order valence-corrected chi connectivity index (χ0v) is 16.8. The number of amides is 1. The Labute approximate surface area is 170 Å². The van der Waals surface area contributed by atoms with Gasteiger partial charge in [-0.2, -0.15) is 5.10 Å². The molecule has 3 heterocycles. The Hall–Kier alpha value is -2.77. The average molecular weight is 410 g/mol. The van der Waals surface area contributed by atoms with Crippen LogP contribution in [0.1, 0.15) is 9.75 Å². The normalized spacial score (nSPS) is 11.0. The van der Waals surface area contributed by atoms with E-state index in [2.05, 4.69) is 16.5 Å². The SMILES string of the molecule is O=C(Cn1ncc(=O)c2ccccc21)N(CCc1cccs1)Cc1cccs1. The molecule has 0 spiro atoms. The van der Waals surface area contributed by atoms with Crippen molar-refractivity contribution in [3.63, 3.8) is 0 Å². The van der Waals surface area contributed by atoms with Crippen LogP contribution >= 0.6 is 22.7 Å². The first-order chi connectivity index (χ1) is 13.7. The first kappa shape index (κ1) is 18.6. The van der Waals surface area contributed by atoms with E-state index in [0.29, 0.717) is 24.0 Å². The molecule has 0 N–H and O–H groups in total. The summed E-state index contributed by atoms with van der Waals surface area (Å²) < 4.78 is 1.62. The Kier molecular flexibility index (Phi) is 5.64. The van der Waals surface area contributed by atoms with Crippen LogP contribution in [0.25, 0.3) is 10.9 Å². The van der Waals surface area contributed by atoms with Crippen molar-refractivity contribution >= 4 is 39.5 Å². The fourth-order valence-corrected chi connectivity index (χ4v) is 4.52. The van der Waals surface area contributed by atoms with Gasteiger partial charge in [-0.15, -0.1) is 22.7 Å². The fourth-order valence-electron chi connectivity index (χ4n) is 3.10. The van der Waals surface area contributed by atoms with E-state index in [9.17, 15) is 9.59 Å². The van der Waals surface area contributed by atoms with E-state index in [0.717, 1.165) is 11.3 Å². The summed E-state index contributed by atoms with van der Waals surface area (Å²) in [5, 5.41) is 8.85. The van der Waals surface area contributed by atoms with E-state index in [1.165, 1.54) is 11.1 Å². The molecule has 0 saturated heterocycles. The van der Waals surface area contributed by atoms with Crippen molar-refractivity contribution < 1.29 is 4.79 Å². The zero-order chi connectivity index (χ0) is 19.3. The molecule has 28 heavy (non-hydrogen) atoms. The summed E-state index contributed by atoms with van der Waals surface area (Å²) in [5.74, 6) is -0.00809. The number of carbonyl (C=O) groups is 1. The third-order valence-electron chi connectivity index (χ3n) is 4.53. The lowest BCUT2D eigenvalue weighted by molar-refractivity contribution is -0.132. The number of aromatic nitrogens is 2. The molecule has 0 aliphatic heterocycles. The smallest absolute Gasteiger partial charge is 0.244 e. The van der Waals surface area contributed by atoms with E-state index in [1.807, 2.05) is 46.7 Å². The molecule has 142 valence electrons. The number of fused-ring (bicyclic) bond motifs is 1. The molecular weight excluding hydrogens is 390 g/mol. The average Bonchev–Trinajstić information content (AvgIpc) is 3.41. The van der Waals surface area contributed by atoms with Gasteiger partial charge in [0.25, 0.3) is 0 Å². The molecule has 7 heteroatoms. The quantitative estimate of drug-likeness (QED) is 0.467. The van der Waals surface area contributed by atoms with E-state index in [1.54, 1.807) is 33.4 Å². The standard InChI is InChI=1S/C21H19N3O2S2/c25-20-13-22-24(19-8-2-1-7-18(19)20)15-21(26)23(14-17-6-4-12-28-17)10-9-16-5-3-11-27-16/h1-8,11-13H,9-10,14-15H2. The van der Waals surface area contributed by atoms with Gasteiger partial charge in [-0.3, -0.25) is 14.3 Å². The number of thiophene rings is 2. The predicted molar refractivity (Wildman–Crippen MR) is 114 cm³/mol. The Bertz CT molecular complexity index is 1120. The van der Waals surface area contributed by atoms with E-state index in [-0.39, 0.29) is 17.9 Å². The van der Waals surface area contributed by atoms with Gasteiger partial charge in [0.15, 0.2) is 0 Å². The monoisotopic (exact) mass is 409 g/mol. The van der Waals surface area contributed by atoms with Crippen molar-refractivity contribution in [3.8, 4) is 0 Å². The van der Waals surface area contributed by atoms with Gasteiger partial charge in [0.1, 0.15) is 6.54 Å². The largest absolute Gasteiger partial charge is 0.336 e. The lowest BCUT2D eigenvalue weighted by Gasteiger charge is -2.22. The van der Waals surface area contributed by atoms with Crippen molar-refractivity contribution in [3.05, 3.63) is 85.5 Å². The van der Waals surface area contributed by atoms with Crippen molar-refractivity contribution in [1.29, 1.82) is 0 Å².